The molecule has 0 spiro atoms. The second-order valence-electron chi connectivity index (χ2n) is 4.91. The quantitative estimate of drug-likeness (QED) is 0.758. The Labute approximate surface area is 154 Å². The molecule has 0 saturated heterocycles. The maximum atomic E-state index is 11.9. The third-order valence-electron chi connectivity index (χ3n) is 3.13. The van der Waals surface area contributed by atoms with Gasteiger partial charge in [-0.2, -0.15) is 0 Å². The van der Waals surface area contributed by atoms with Crippen molar-refractivity contribution in [3.8, 4) is 0 Å². The van der Waals surface area contributed by atoms with Crippen LogP contribution in [0, 0.1) is 0 Å². The monoisotopic (exact) mass is 385 g/mol. The number of esters is 1. The van der Waals surface area contributed by atoms with Crippen molar-refractivity contribution < 1.29 is 14.3 Å². The van der Waals surface area contributed by atoms with Gasteiger partial charge in [-0.3, -0.25) is 4.79 Å². The van der Waals surface area contributed by atoms with Crippen molar-refractivity contribution >= 4 is 46.7 Å². The van der Waals surface area contributed by atoms with Crippen LogP contribution in [0.25, 0.3) is 0 Å². The normalized spacial score (nSPS) is 10.3. The number of carbonyl (C=O) groups excluding carboxylic acids is 2. The average molecular weight is 387 g/mol. The van der Waals surface area contributed by atoms with E-state index in [0.29, 0.717) is 18.0 Å². The van der Waals surface area contributed by atoms with E-state index < -0.39 is 18.5 Å². The average Bonchev–Trinajstić information content (AvgIpc) is 2.55. The Kier molecular flexibility index (Phi) is 6.91. The van der Waals surface area contributed by atoms with Gasteiger partial charge in [-0.25, -0.2) is 4.79 Å². The maximum Gasteiger partial charge on any atom is 0.340 e. The third kappa shape index (κ3) is 5.41. The van der Waals surface area contributed by atoms with Gasteiger partial charge in [0.1, 0.15) is 0 Å². The summed E-state index contributed by atoms with van der Waals surface area (Å²) in [6.07, 6.45) is 0.625. The molecule has 0 atom stereocenters. The van der Waals surface area contributed by atoms with Crippen LogP contribution in [-0.2, 0) is 16.0 Å². The van der Waals surface area contributed by atoms with Gasteiger partial charge in [-0.15, -0.1) is 0 Å². The fraction of sp³-hybridized carbons (Fsp3) is 0.176. The topological polar surface area (TPSA) is 55.4 Å². The van der Waals surface area contributed by atoms with E-state index in [2.05, 4.69) is 5.32 Å². The summed E-state index contributed by atoms with van der Waals surface area (Å²) in [5.41, 5.74) is 1.13. The van der Waals surface area contributed by atoms with E-state index in [1.54, 1.807) is 18.2 Å². The van der Waals surface area contributed by atoms with Gasteiger partial charge in [-0.05, 0) is 36.2 Å². The second-order valence-corrected chi connectivity index (χ2v) is 6.13. The number of ether oxygens (including phenoxy) is 1. The Balaban J connectivity index is 1.76. The molecule has 4 nitrogen and oxygen atoms in total. The highest BCUT2D eigenvalue weighted by Gasteiger charge is 2.15. The number of benzene rings is 2. The Morgan fingerprint density at radius 3 is 2.54 bits per heavy atom. The Morgan fingerprint density at radius 2 is 1.79 bits per heavy atom. The van der Waals surface area contributed by atoms with E-state index in [0.717, 1.165) is 5.56 Å². The minimum absolute atomic E-state index is 0.102. The van der Waals surface area contributed by atoms with Crippen LogP contribution >= 0.6 is 34.8 Å². The second kappa shape index (κ2) is 8.92. The zero-order valence-electron chi connectivity index (χ0n) is 12.5. The summed E-state index contributed by atoms with van der Waals surface area (Å²) in [6.45, 7) is 0.0197. The van der Waals surface area contributed by atoms with Crippen LogP contribution in [0.2, 0.25) is 15.1 Å². The van der Waals surface area contributed by atoms with Crippen molar-refractivity contribution in [1.82, 2.24) is 5.32 Å². The van der Waals surface area contributed by atoms with Gasteiger partial charge in [-0.1, -0.05) is 53.0 Å². The molecule has 7 heteroatoms. The highest BCUT2D eigenvalue weighted by Crippen LogP contribution is 2.25. The van der Waals surface area contributed by atoms with Crippen molar-refractivity contribution in [1.29, 1.82) is 0 Å². The van der Waals surface area contributed by atoms with E-state index in [1.807, 2.05) is 18.2 Å². The molecule has 0 saturated carbocycles. The molecule has 126 valence electrons. The van der Waals surface area contributed by atoms with Crippen LogP contribution in [-0.4, -0.2) is 25.0 Å². The minimum atomic E-state index is -0.701. The largest absolute Gasteiger partial charge is 0.452 e. The molecule has 0 aliphatic rings. The molecule has 0 heterocycles. The highest BCUT2D eigenvalue weighted by molar-refractivity contribution is 6.43. The number of rotatable bonds is 6. The van der Waals surface area contributed by atoms with E-state index >= 15 is 0 Å². The highest BCUT2D eigenvalue weighted by atomic mass is 35.5. The van der Waals surface area contributed by atoms with Gasteiger partial charge in [0.25, 0.3) is 5.91 Å². The molecule has 0 bridgehead atoms. The molecule has 0 unspecified atom stereocenters. The molecule has 1 N–H and O–H groups in total. The predicted molar refractivity (Wildman–Crippen MR) is 94.9 cm³/mol. The number of halogens is 3. The number of amides is 1. The van der Waals surface area contributed by atoms with Gasteiger partial charge in [0.05, 0.1) is 15.6 Å². The maximum absolute atomic E-state index is 11.9. The van der Waals surface area contributed by atoms with E-state index in [1.165, 1.54) is 6.07 Å². The van der Waals surface area contributed by atoms with Gasteiger partial charge in [0, 0.05) is 11.6 Å². The van der Waals surface area contributed by atoms with E-state index in [9.17, 15) is 9.59 Å². The zero-order chi connectivity index (χ0) is 17.5. The molecule has 2 rings (SSSR count). The molecule has 0 aliphatic carbocycles. The van der Waals surface area contributed by atoms with Crippen molar-refractivity contribution in [3.05, 3.63) is 68.7 Å². The number of nitrogens with one attached hydrogen (secondary N) is 1. The summed E-state index contributed by atoms with van der Waals surface area (Å²) < 4.78 is 4.93. The van der Waals surface area contributed by atoms with E-state index in [4.69, 9.17) is 39.5 Å². The van der Waals surface area contributed by atoms with Crippen molar-refractivity contribution in [3.63, 3.8) is 0 Å². The minimum Gasteiger partial charge on any atom is -0.452 e. The predicted octanol–water partition coefficient (Wildman–Crippen LogP) is 4.16. The molecule has 2 aromatic rings. The lowest BCUT2D eigenvalue weighted by molar-refractivity contribution is -0.124. The Morgan fingerprint density at radius 1 is 1.04 bits per heavy atom. The van der Waals surface area contributed by atoms with Gasteiger partial charge >= 0.3 is 5.97 Å². The van der Waals surface area contributed by atoms with Crippen LogP contribution < -0.4 is 5.32 Å². The van der Waals surface area contributed by atoms with Crippen molar-refractivity contribution in [2.75, 3.05) is 13.2 Å². The number of hydrogen-bond acceptors (Lipinski definition) is 3. The van der Waals surface area contributed by atoms with Gasteiger partial charge in [0.15, 0.2) is 6.61 Å². The Bertz CT molecular complexity index is 750. The number of hydrogen-bond donors (Lipinski definition) is 1. The first-order valence-electron chi connectivity index (χ1n) is 7.09. The smallest absolute Gasteiger partial charge is 0.340 e. The lowest BCUT2D eigenvalue weighted by atomic mass is 10.1. The fourth-order valence-electron chi connectivity index (χ4n) is 1.96. The lowest BCUT2D eigenvalue weighted by Gasteiger charge is -2.08. The van der Waals surface area contributed by atoms with Gasteiger partial charge in [0.2, 0.25) is 0 Å². The molecule has 0 radical (unpaired) electrons. The summed E-state index contributed by atoms with van der Waals surface area (Å²) in [5.74, 6) is -1.10. The Hall–Kier alpha value is -1.75. The standard InChI is InChI=1S/C17H14Cl3NO3/c18-12-4-1-3-11(9-12)7-8-21-15(22)10-24-17(23)13-5-2-6-14(19)16(13)20/h1-6,9H,7-8,10H2,(H,21,22). The molecular weight excluding hydrogens is 373 g/mol. The van der Waals surface area contributed by atoms with Crippen LogP contribution in [0.5, 0.6) is 0 Å². The van der Waals surface area contributed by atoms with Crippen LogP contribution in [0.1, 0.15) is 15.9 Å². The molecule has 24 heavy (non-hydrogen) atoms. The zero-order valence-corrected chi connectivity index (χ0v) is 14.8. The van der Waals surface area contributed by atoms with Crippen molar-refractivity contribution in [2.24, 2.45) is 0 Å². The molecule has 1 amide bonds. The van der Waals surface area contributed by atoms with Crippen LogP contribution in [0.3, 0.4) is 0 Å². The summed E-state index contributed by atoms with van der Waals surface area (Å²) in [5, 5.41) is 3.66. The number of carbonyl (C=O) groups is 2. The molecule has 2 aromatic carbocycles. The fourth-order valence-corrected chi connectivity index (χ4v) is 2.55. The van der Waals surface area contributed by atoms with Crippen LogP contribution in [0.4, 0.5) is 0 Å². The third-order valence-corrected chi connectivity index (χ3v) is 4.18. The first kappa shape index (κ1) is 18.6. The lowest BCUT2D eigenvalue weighted by Crippen LogP contribution is -2.30. The van der Waals surface area contributed by atoms with E-state index in [-0.39, 0.29) is 15.6 Å². The summed E-state index contributed by atoms with van der Waals surface area (Å²) >= 11 is 17.6. The van der Waals surface area contributed by atoms with Crippen molar-refractivity contribution in [2.45, 2.75) is 6.42 Å². The summed E-state index contributed by atoms with van der Waals surface area (Å²) in [7, 11) is 0. The molecular formula is C17H14Cl3NO3. The molecule has 0 aliphatic heterocycles. The first-order chi connectivity index (χ1) is 11.5. The summed E-state index contributed by atoms with van der Waals surface area (Å²) in [6, 6.07) is 12.0. The first-order valence-corrected chi connectivity index (χ1v) is 8.23. The molecule has 0 aromatic heterocycles. The van der Waals surface area contributed by atoms with Gasteiger partial charge < -0.3 is 10.1 Å². The van der Waals surface area contributed by atoms with Crippen LogP contribution in [0.15, 0.2) is 42.5 Å². The summed E-state index contributed by atoms with van der Waals surface area (Å²) in [4.78, 5) is 23.6. The molecule has 0 fully saturated rings. The SMILES string of the molecule is O=C(COC(=O)c1cccc(Cl)c1Cl)NCCc1cccc(Cl)c1.